The number of benzene rings is 2. The molecule has 6 rings (SSSR count). The van der Waals surface area contributed by atoms with Gasteiger partial charge < -0.3 is 37.9 Å². The fraction of sp³-hybridized carbons (Fsp3) is 0.543. The molecule has 0 amide bonds. The third-order valence-electron chi connectivity index (χ3n) is 8.70. The van der Waals surface area contributed by atoms with Crippen LogP contribution in [0.25, 0.3) is 10.8 Å². The van der Waals surface area contributed by atoms with E-state index in [2.05, 4.69) is 56.4 Å². The zero-order valence-corrected chi connectivity index (χ0v) is 25.8. The standard InChI is InChI=1S/C35H44O8/c1-5-36-22-41-33-10-8-24-7-9-26(38-18-27-19-39-27)15-29(24)30(33)16-32-31-17-34(3,42-21-28-20-40-28)13-11-25(31)12-14-35(32,4)43-23-37-6-2/h7-15,27-28,32H,5-6,16-23H2,1-4H3. The molecule has 0 N–H and O–H groups in total. The van der Waals surface area contributed by atoms with Gasteiger partial charge in [0, 0.05) is 31.1 Å². The lowest BCUT2D eigenvalue weighted by Crippen LogP contribution is -2.44. The highest BCUT2D eigenvalue weighted by molar-refractivity contribution is 5.89. The summed E-state index contributed by atoms with van der Waals surface area (Å²) in [6.45, 7) is 12.5. The Balaban J connectivity index is 1.38. The number of epoxide rings is 2. The highest BCUT2D eigenvalue weighted by Gasteiger charge is 2.43. The van der Waals surface area contributed by atoms with Gasteiger partial charge >= 0.3 is 0 Å². The molecule has 5 atom stereocenters. The lowest BCUT2D eigenvalue weighted by Gasteiger charge is -2.44. The van der Waals surface area contributed by atoms with Crippen molar-refractivity contribution in [2.24, 2.45) is 5.92 Å². The number of hydrogen-bond acceptors (Lipinski definition) is 8. The molecule has 2 heterocycles. The van der Waals surface area contributed by atoms with Crippen LogP contribution in [0.15, 0.2) is 65.8 Å². The molecule has 2 aromatic rings. The Morgan fingerprint density at radius 1 is 0.837 bits per heavy atom. The van der Waals surface area contributed by atoms with Crippen molar-refractivity contribution in [1.29, 1.82) is 0 Å². The number of hydrogen-bond donors (Lipinski definition) is 0. The molecular weight excluding hydrogens is 548 g/mol. The molecule has 2 aromatic carbocycles. The zero-order chi connectivity index (χ0) is 29.9. The molecule has 2 aliphatic carbocycles. The van der Waals surface area contributed by atoms with Crippen LogP contribution < -0.4 is 9.47 Å². The van der Waals surface area contributed by atoms with Crippen molar-refractivity contribution in [3.63, 3.8) is 0 Å². The second-order valence-electron chi connectivity index (χ2n) is 12.0. The average Bonchev–Trinajstić information content (AvgIpc) is 3.93. The third-order valence-corrected chi connectivity index (χ3v) is 8.70. The molecule has 0 radical (unpaired) electrons. The predicted molar refractivity (Wildman–Crippen MR) is 164 cm³/mol. The Bertz CT molecular complexity index is 1370. The summed E-state index contributed by atoms with van der Waals surface area (Å²) in [7, 11) is 0. The summed E-state index contributed by atoms with van der Waals surface area (Å²) in [6, 6.07) is 10.4. The van der Waals surface area contributed by atoms with Crippen molar-refractivity contribution in [3.05, 3.63) is 71.3 Å². The summed E-state index contributed by atoms with van der Waals surface area (Å²) in [6.07, 6.45) is 10.5. The Labute approximate surface area is 254 Å². The van der Waals surface area contributed by atoms with E-state index in [1.54, 1.807) is 0 Å². The van der Waals surface area contributed by atoms with Gasteiger partial charge in [0.15, 0.2) is 6.79 Å². The molecular formula is C35H44O8. The van der Waals surface area contributed by atoms with Crippen LogP contribution in [0.4, 0.5) is 0 Å². The van der Waals surface area contributed by atoms with Crippen molar-refractivity contribution in [3.8, 4) is 11.5 Å². The van der Waals surface area contributed by atoms with E-state index < -0.39 is 11.2 Å². The third kappa shape index (κ3) is 7.33. The van der Waals surface area contributed by atoms with Crippen LogP contribution in [-0.2, 0) is 34.8 Å². The first-order chi connectivity index (χ1) is 20.9. The van der Waals surface area contributed by atoms with Gasteiger partial charge in [-0.25, -0.2) is 0 Å². The smallest absolute Gasteiger partial charge is 0.189 e. The minimum Gasteiger partial charge on any atom is -0.491 e. The maximum absolute atomic E-state index is 6.53. The van der Waals surface area contributed by atoms with Crippen LogP contribution in [0.1, 0.15) is 39.7 Å². The van der Waals surface area contributed by atoms with E-state index in [0.717, 1.165) is 47.5 Å². The Morgan fingerprint density at radius 2 is 1.56 bits per heavy atom. The predicted octanol–water partition coefficient (Wildman–Crippen LogP) is 5.92. The molecule has 0 bridgehead atoms. The number of allylic oxidation sites excluding steroid dienone is 3. The van der Waals surface area contributed by atoms with Gasteiger partial charge in [0.25, 0.3) is 0 Å². The van der Waals surface area contributed by atoms with Crippen LogP contribution >= 0.6 is 0 Å². The second-order valence-corrected chi connectivity index (χ2v) is 12.0. The van der Waals surface area contributed by atoms with E-state index in [1.807, 2.05) is 26.0 Å². The summed E-state index contributed by atoms with van der Waals surface area (Å²) in [5.74, 6) is 1.60. The van der Waals surface area contributed by atoms with Crippen LogP contribution in [0.3, 0.4) is 0 Å². The molecule has 0 saturated carbocycles. The van der Waals surface area contributed by atoms with Gasteiger partial charge in [-0.2, -0.15) is 0 Å². The first-order valence-electron chi connectivity index (χ1n) is 15.5. The highest BCUT2D eigenvalue weighted by atomic mass is 16.7. The van der Waals surface area contributed by atoms with Crippen LogP contribution in [0.2, 0.25) is 0 Å². The molecule has 0 spiro atoms. The van der Waals surface area contributed by atoms with E-state index >= 15 is 0 Å². The SMILES string of the molecule is CCOCOc1ccc2ccc(OCC3CO3)cc2c1CC1C2=C(C=CC(C)(OCC3CO3)C2)C=CC1(C)OCOCC. The maximum Gasteiger partial charge on any atom is 0.189 e. The van der Waals surface area contributed by atoms with Crippen LogP contribution in [-0.4, -0.2) is 76.6 Å². The van der Waals surface area contributed by atoms with E-state index in [0.29, 0.717) is 32.8 Å². The molecule has 2 aliphatic heterocycles. The fourth-order valence-corrected chi connectivity index (χ4v) is 5.91. The second kappa shape index (κ2) is 13.1. The maximum atomic E-state index is 6.53. The van der Waals surface area contributed by atoms with Gasteiger partial charge in [0.05, 0.1) is 31.0 Å². The zero-order valence-electron chi connectivity index (χ0n) is 25.8. The monoisotopic (exact) mass is 592 g/mol. The lowest BCUT2D eigenvalue weighted by atomic mass is 9.68. The normalized spacial score (nSPS) is 29.2. The Morgan fingerprint density at radius 3 is 2.33 bits per heavy atom. The molecule has 4 aliphatic rings. The topological polar surface area (TPSA) is 80.4 Å². The average molecular weight is 593 g/mol. The first-order valence-corrected chi connectivity index (χ1v) is 15.5. The fourth-order valence-electron chi connectivity index (χ4n) is 5.91. The Kier molecular flexibility index (Phi) is 9.24. The molecule has 43 heavy (non-hydrogen) atoms. The minimum atomic E-state index is -0.615. The van der Waals surface area contributed by atoms with Gasteiger partial charge in [0.2, 0.25) is 0 Å². The summed E-state index contributed by atoms with van der Waals surface area (Å²) in [4.78, 5) is 0. The molecule has 8 heteroatoms. The van der Waals surface area contributed by atoms with Gasteiger partial charge in [0.1, 0.15) is 37.1 Å². The minimum absolute atomic E-state index is 0.0116. The van der Waals surface area contributed by atoms with Crippen molar-refractivity contribution < 1.29 is 37.9 Å². The van der Waals surface area contributed by atoms with Gasteiger partial charge in [-0.15, -0.1) is 0 Å². The van der Waals surface area contributed by atoms with Crippen molar-refractivity contribution >= 4 is 10.8 Å². The Hall–Kier alpha value is -2.72. The van der Waals surface area contributed by atoms with E-state index in [-0.39, 0.29) is 31.7 Å². The molecule has 232 valence electrons. The highest BCUT2D eigenvalue weighted by Crippen LogP contribution is 2.47. The van der Waals surface area contributed by atoms with Crippen molar-refractivity contribution in [2.45, 2.75) is 63.9 Å². The quantitative estimate of drug-likeness (QED) is 0.135. The number of ether oxygens (including phenoxy) is 8. The van der Waals surface area contributed by atoms with Gasteiger partial charge in [-0.05, 0) is 68.7 Å². The van der Waals surface area contributed by atoms with E-state index in [4.69, 9.17) is 37.9 Å². The molecule has 2 saturated heterocycles. The number of rotatable bonds is 16. The van der Waals surface area contributed by atoms with Crippen molar-refractivity contribution in [2.75, 3.05) is 53.2 Å². The molecule has 5 unspecified atom stereocenters. The van der Waals surface area contributed by atoms with Gasteiger partial charge in [-0.1, -0.05) is 42.0 Å². The van der Waals surface area contributed by atoms with Crippen LogP contribution in [0, 0.1) is 5.92 Å². The summed E-state index contributed by atoms with van der Waals surface area (Å²) >= 11 is 0. The lowest BCUT2D eigenvalue weighted by molar-refractivity contribution is -0.130. The summed E-state index contributed by atoms with van der Waals surface area (Å²) in [5.41, 5.74) is 2.54. The van der Waals surface area contributed by atoms with Gasteiger partial charge in [-0.3, -0.25) is 0 Å². The molecule has 2 fully saturated rings. The van der Waals surface area contributed by atoms with Crippen molar-refractivity contribution in [1.82, 2.24) is 0 Å². The van der Waals surface area contributed by atoms with E-state index in [1.165, 1.54) is 11.1 Å². The molecule has 8 nitrogen and oxygen atoms in total. The van der Waals surface area contributed by atoms with Crippen LogP contribution in [0.5, 0.6) is 11.5 Å². The first kappa shape index (κ1) is 30.3. The number of fused-ring (bicyclic) bond motifs is 1. The summed E-state index contributed by atoms with van der Waals surface area (Å²) in [5, 5.41) is 2.20. The largest absolute Gasteiger partial charge is 0.491 e. The molecule has 0 aromatic heterocycles. The van der Waals surface area contributed by atoms with E-state index in [9.17, 15) is 0 Å². The summed E-state index contributed by atoms with van der Waals surface area (Å²) < 4.78 is 47.4.